The minimum Gasteiger partial charge on any atom is -0.459 e. The molecule has 0 bridgehead atoms. The molecule has 1 aliphatic heterocycles. The number of carbonyl (C=O) groups is 1. The maximum absolute atomic E-state index is 12.0. The molecule has 2 heterocycles. The molecule has 1 aliphatic rings. The van der Waals surface area contributed by atoms with Gasteiger partial charge in [-0.2, -0.15) is 0 Å². The quantitative estimate of drug-likeness (QED) is 0.899. The van der Waals surface area contributed by atoms with Crippen LogP contribution in [0, 0.1) is 6.92 Å². The number of para-hydroxylation sites is 1. The lowest BCUT2D eigenvalue weighted by atomic mass is 10.1. The average molecular weight is 288 g/mol. The lowest BCUT2D eigenvalue weighted by Crippen LogP contribution is -2.44. The number of amides is 1. The molecule has 1 aromatic heterocycles. The standard InChI is InChI=1S/C16H20N2O3/c1-11-13-4-2-3-5-14(13)21-15(11)9-18-16(19)8-12-10-20-7-6-17-12/h2-5,12,17H,6-10H2,1H3,(H,18,19). The van der Waals surface area contributed by atoms with Crippen molar-refractivity contribution in [3.8, 4) is 0 Å². The van der Waals surface area contributed by atoms with Crippen molar-refractivity contribution in [3.05, 3.63) is 35.6 Å². The van der Waals surface area contributed by atoms with Gasteiger partial charge < -0.3 is 19.8 Å². The van der Waals surface area contributed by atoms with E-state index in [0.29, 0.717) is 19.6 Å². The first-order chi connectivity index (χ1) is 10.2. The molecular formula is C16H20N2O3. The Morgan fingerprint density at radius 3 is 3.05 bits per heavy atom. The second kappa shape index (κ2) is 6.28. The van der Waals surface area contributed by atoms with E-state index < -0.39 is 0 Å². The molecule has 2 aromatic rings. The summed E-state index contributed by atoms with van der Waals surface area (Å²) in [4.78, 5) is 12.0. The summed E-state index contributed by atoms with van der Waals surface area (Å²) in [6, 6.07) is 8.01. The van der Waals surface area contributed by atoms with Crippen molar-refractivity contribution in [2.45, 2.75) is 25.9 Å². The monoisotopic (exact) mass is 288 g/mol. The molecular weight excluding hydrogens is 268 g/mol. The van der Waals surface area contributed by atoms with E-state index in [1.807, 2.05) is 31.2 Å². The number of aryl methyl sites for hydroxylation is 1. The third-order valence-electron chi connectivity index (χ3n) is 3.82. The number of furan rings is 1. The van der Waals surface area contributed by atoms with Crippen LogP contribution in [0.4, 0.5) is 0 Å². The molecule has 21 heavy (non-hydrogen) atoms. The molecule has 112 valence electrons. The number of nitrogens with one attached hydrogen (secondary N) is 2. The van der Waals surface area contributed by atoms with Crippen molar-refractivity contribution in [2.75, 3.05) is 19.8 Å². The molecule has 0 aliphatic carbocycles. The topological polar surface area (TPSA) is 63.5 Å². The lowest BCUT2D eigenvalue weighted by Gasteiger charge is -2.23. The predicted molar refractivity (Wildman–Crippen MR) is 80.0 cm³/mol. The molecule has 1 aromatic carbocycles. The van der Waals surface area contributed by atoms with Crippen molar-refractivity contribution in [3.63, 3.8) is 0 Å². The molecule has 0 saturated carbocycles. The summed E-state index contributed by atoms with van der Waals surface area (Å²) >= 11 is 0. The van der Waals surface area contributed by atoms with Gasteiger partial charge in [0.25, 0.3) is 0 Å². The molecule has 1 saturated heterocycles. The SMILES string of the molecule is Cc1c(CNC(=O)CC2COCCN2)oc2ccccc12. The van der Waals surface area contributed by atoms with Gasteiger partial charge in [0.05, 0.1) is 19.8 Å². The summed E-state index contributed by atoms with van der Waals surface area (Å²) in [7, 11) is 0. The van der Waals surface area contributed by atoms with Gasteiger partial charge in [0.15, 0.2) is 0 Å². The van der Waals surface area contributed by atoms with Crippen LogP contribution in [0.5, 0.6) is 0 Å². The Morgan fingerprint density at radius 2 is 2.29 bits per heavy atom. The fourth-order valence-electron chi connectivity index (χ4n) is 2.62. The van der Waals surface area contributed by atoms with Gasteiger partial charge in [0.1, 0.15) is 11.3 Å². The van der Waals surface area contributed by atoms with Crippen LogP contribution in [0.1, 0.15) is 17.7 Å². The van der Waals surface area contributed by atoms with Gasteiger partial charge in [-0.3, -0.25) is 4.79 Å². The molecule has 0 radical (unpaired) electrons. The molecule has 1 fully saturated rings. The number of fused-ring (bicyclic) bond motifs is 1. The third-order valence-corrected chi connectivity index (χ3v) is 3.82. The number of hydrogen-bond donors (Lipinski definition) is 2. The second-order valence-corrected chi connectivity index (χ2v) is 5.35. The Labute approximate surface area is 123 Å². The van der Waals surface area contributed by atoms with Gasteiger partial charge in [0.2, 0.25) is 5.91 Å². The first-order valence-corrected chi connectivity index (χ1v) is 7.29. The summed E-state index contributed by atoms with van der Waals surface area (Å²) < 4.78 is 11.1. The van der Waals surface area contributed by atoms with Gasteiger partial charge in [-0.25, -0.2) is 0 Å². The largest absolute Gasteiger partial charge is 0.459 e. The Kier molecular flexibility index (Phi) is 4.22. The van der Waals surface area contributed by atoms with E-state index in [1.165, 1.54) is 0 Å². The van der Waals surface area contributed by atoms with E-state index in [4.69, 9.17) is 9.15 Å². The number of carbonyl (C=O) groups excluding carboxylic acids is 1. The van der Waals surface area contributed by atoms with Gasteiger partial charge in [-0.1, -0.05) is 18.2 Å². The highest BCUT2D eigenvalue weighted by molar-refractivity contribution is 5.82. The summed E-state index contributed by atoms with van der Waals surface area (Å²) in [6.07, 6.45) is 0.430. The van der Waals surface area contributed by atoms with E-state index in [2.05, 4.69) is 10.6 Å². The first kappa shape index (κ1) is 14.1. The van der Waals surface area contributed by atoms with Crippen LogP contribution in [0.2, 0.25) is 0 Å². The molecule has 1 atom stereocenters. The zero-order chi connectivity index (χ0) is 14.7. The second-order valence-electron chi connectivity index (χ2n) is 5.35. The third kappa shape index (κ3) is 3.25. The Hall–Kier alpha value is -1.85. The summed E-state index contributed by atoms with van der Waals surface area (Å²) in [5, 5.41) is 7.29. The lowest BCUT2D eigenvalue weighted by molar-refractivity contribution is -0.122. The van der Waals surface area contributed by atoms with Crippen molar-refractivity contribution < 1.29 is 13.9 Å². The minimum absolute atomic E-state index is 0.0119. The zero-order valence-corrected chi connectivity index (χ0v) is 12.1. The Bertz CT molecular complexity index is 629. The van der Waals surface area contributed by atoms with Crippen LogP contribution in [-0.4, -0.2) is 31.7 Å². The molecule has 5 heteroatoms. The zero-order valence-electron chi connectivity index (χ0n) is 12.1. The number of hydrogen-bond acceptors (Lipinski definition) is 4. The normalized spacial score (nSPS) is 18.8. The highest BCUT2D eigenvalue weighted by atomic mass is 16.5. The van der Waals surface area contributed by atoms with Crippen molar-refractivity contribution in [1.29, 1.82) is 0 Å². The van der Waals surface area contributed by atoms with Gasteiger partial charge in [-0.05, 0) is 13.0 Å². The summed E-state index contributed by atoms with van der Waals surface area (Å²) in [5.74, 6) is 0.829. The van der Waals surface area contributed by atoms with E-state index in [0.717, 1.165) is 35.4 Å². The summed E-state index contributed by atoms with van der Waals surface area (Å²) in [6.45, 7) is 4.56. The average Bonchev–Trinajstić information content (AvgIpc) is 2.83. The van der Waals surface area contributed by atoms with E-state index >= 15 is 0 Å². The molecule has 3 rings (SSSR count). The fraction of sp³-hybridized carbons (Fsp3) is 0.438. The maximum Gasteiger partial charge on any atom is 0.222 e. The van der Waals surface area contributed by atoms with Crippen molar-refractivity contribution in [2.24, 2.45) is 0 Å². The van der Waals surface area contributed by atoms with Crippen molar-refractivity contribution >= 4 is 16.9 Å². The highest BCUT2D eigenvalue weighted by Crippen LogP contribution is 2.24. The number of rotatable bonds is 4. The highest BCUT2D eigenvalue weighted by Gasteiger charge is 2.17. The van der Waals surface area contributed by atoms with E-state index in [9.17, 15) is 4.79 Å². The smallest absolute Gasteiger partial charge is 0.222 e. The van der Waals surface area contributed by atoms with Gasteiger partial charge in [-0.15, -0.1) is 0 Å². The van der Waals surface area contributed by atoms with Gasteiger partial charge >= 0.3 is 0 Å². The van der Waals surface area contributed by atoms with Crippen LogP contribution in [0.25, 0.3) is 11.0 Å². The molecule has 5 nitrogen and oxygen atoms in total. The maximum atomic E-state index is 12.0. The van der Waals surface area contributed by atoms with Crippen LogP contribution >= 0.6 is 0 Å². The predicted octanol–water partition coefficient (Wildman–Crippen LogP) is 1.74. The molecule has 1 amide bonds. The minimum atomic E-state index is 0.0119. The van der Waals surface area contributed by atoms with Crippen LogP contribution in [0.15, 0.2) is 28.7 Å². The Morgan fingerprint density at radius 1 is 1.43 bits per heavy atom. The number of morpholine rings is 1. The molecule has 2 N–H and O–H groups in total. The Balaban J connectivity index is 1.58. The van der Waals surface area contributed by atoms with Crippen LogP contribution in [-0.2, 0) is 16.1 Å². The van der Waals surface area contributed by atoms with E-state index in [1.54, 1.807) is 0 Å². The van der Waals surface area contributed by atoms with E-state index in [-0.39, 0.29) is 11.9 Å². The molecule has 1 unspecified atom stereocenters. The number of benzene rings is 1. The van der Waals surface area contributed by atoms with Crippen molar-refractivity contribution in [1.82, 2.24) is 10.6 Å². The first-order valence-electron chi connectivity index (χ1n) is 7.29. The van der Waals surface area contributed by atoms with Crippen LogP contribution < -0.4 is 10.6 Å². The fourth-order valence-corrected chi connectivity index (χ4v) is 2.62. The summed E-state index contributed by atoms with van der Waals surface area (Å²) in [5.41, 5.74) is 1.95. The van der Waals surface area contributed by atoms with Crippen LogP contribution in [0.3, 0.4) is 0 Å². The van der Waals surface area contributed by atoms with Gasteiger partial charge in [0, 0.05) is 30.0 Å². The molecule has 0 spiro atoms. The number of ether oxygens (including phenoxy) is 1.